The second-order valence-electron chi connectivity index (χ2n) is 6.02. The lowest BCUT2D eigenvalue weighted by Gasteiger charge is -2.10. The van der Waals surface area contributed by atoms with E-state index in [-0.39, 0.29) is 31.2 Å². The Morgan fingerprint density at radius 2 is 1.78 bits per heavy atom. The van der Waals surface area contributed by atoms with E-state index in [1.54, 1.807) is 31.4 Å². The maximum absolute atomic E-state index is 12.3. The van der Waals surface area contributed by atoms with Crippen LogP contribution < -0.4 is 15.4 Å². The van der Waals surface area contributed by atoms with E-state index in [0.29, 0.717) is 17.0 Å². The minimum atomic E-state index is -0.974. The van der Waals surface area contributed by atoms with E-state index < -0.39 is 5.97 Å². The smallest absolute Gasteiger partial charge is 0.305 e. The van der Waals surface area contributed by atoms with Crippen LogP contribution in [-0.2, 0) is 16.0 Å². The van der Waals surface area contributed by atoms with Gasteiger partial charge in [0, 0.05) is 23.4 Å². The van der Waals surface area contributed by atoms with Gasteiger partial charge in [0.15, 0.2) is 0 Å². The molecule has 0 aromatic heterocycles. The first-order valence-electron chi connectivity index (χ1n) is 8.42. The van der Waals surface area contributed by atoms with Gasteiger partial charge in [0.05, 0.1) is 20.0 Å². The Kier molecular flexibility index (Phi) is 6.93. The Morgan fingerprint density at radius 3 is 2.41 bits per heavy atom. The standard InChI is InChI=1S/C20H22N2O5/c1-13-3-8-17(27-2)15(11-13)12-18(23)22-16-6-4-14(5-7-16)20(26)21-10-9-19(24)25/h3-8,11H,9-10,12H2,1-2H3,(H,21,26)(H,22,23)(H,24,25). The first kappa shape index (κ1) is 20.0. The van der Waals surface area contributed by atoms with Crippen LogP contribution in [0.5, 0.6) is 5.75 Å². The Bertz CT molecular complexity index is 831. The summed E-state index contributed by atoms with van der Waals surface area (Å²) in [4.78, 5) is 34.6. The fraction of sp³-hybridized carbons (Fsp3) is 0.250. The molecule has 0 unspecified atom stereocenters. The summed E-state index contributed by atoms with van der Waals surface area (Å²) in [5.74, 6) is -0.876. The van der Waals surface area contributed by atoms with Gasteiger partial charge in [-0.15, -0.1) is 0 Å². The highest BCUT2D eigenvalue weighted by Gasteiger charge is 2.11. The van der Waals surface area contributed by atoms with Crippen LogP contribution >= 0.6 is 0 Å². The van der Waals surface area contributed by atoms with Crippen molar-refractivity contribution in [2.45, 2.75) is 19.8 Å². The van der Waals surface area contributed by atoms with Crippen LogP contribution in [0, 0.1) is 6.92 Å². The molecule has 2 aromatic carbocycles. The Balaban J connectivity index is 1.94. The van der Waals surface area contributed by atoms with Crippen LogP contribution in [0.25, 0.3) is 0 Å². The topological polar surface area (TPSA) is 105 Å². The number of anilines is 1. The van der Waals surface area contributed by atoms with Crippen molar-refractivity contribution in [3.63, 3.8) is 0 Å². The minimum absolute atomic E-state index is 0.0605. The first-order valence-corrected chi connectivity index (χ1v) is 8.42. The molecule has 2 rings (SSSR count). The van der Waals surface area contributed by atoms with Crippen molar-refractivity contribution in [2.75, 3.05) is 19.0 Å². The van der Waals surface area contributed by atoms with E-state index in [0.717, 1.165) is 11.1 Å². The van der Waals surface area contributed by atoms with E-state index in [1.807, 2.05) is 25.1 Å². The van der Waals surface area contributed by atoms with Crippen molar-refractivity contribution in [2.24, 2.45) is 0 Å². The summed E-state index contributed by atoms with van der Waals surface area (Å²) in [6.07, 6.45) is 0.0323. The maximum atomic E-state index is 12.3. The number of benzene rings is 2. The number of carboxylic acids is 1. The summed E-state index contributed by atoms with van der Waals surface area (Å²) in [6.45, 7) is 2.01. The molecule has 0 aliphatic heterocycles. The molecule has 142 valence electrons. The molecule has 7 heteroatoms. The average Bonchev–Trinajstić information content (AvgIpc) is 2.62. The van der Waals surface area contributed by atoms with Crippen molar-refractivity contribution < 1.29 is 24.2 Å². The number of carbonyl (C=O) groups is 3. The van der Waals surface area contributed by atoms with Crippen molar-refractivity contribution in [1.82, 2.24) is 5.32 Å². The normalized spacial score (nSPS) is 10.1. The summed E-state index contributed by atoms with van der Waals surface area (Å²) in [7, 11) is 1.56. The van der Waals surface area contributed by atoms with Gasteiger partial charge in [-0.05, 0) is 37.3 Å². The molecule has 0 aliphatic rings. The molecular weight excluding hydrogens is 348 g/mol. The number of methoxy groups -OCH3 is 1. The Hall–Kier alpha value is -3.35. The van der Waals surface area contributed by atoms with Gasteiger partial charge in [-0.1, -0.05) is 17.7 Å². The molecule has 2 amide bonds. The predicted molar refractivity (Wildman–Crippen MR) is 101 cm³/mol. The number of amides is 2. The first-order chi connectivity index (χ1) is 12.9. The molecule has 0 radical (unpaired) electrons. The molecule has 27 heavy (non-hydrogen) atoms. The molecule has 0 spiro atoms. The quantitative estimate of drug-likeness (QED) is 0.662. The zero-order chi connectivity index (χ0) is 19.8. The van der Waals surface area contributed by atoms with E-state index in [2.05, 4.69) is 10.6 Å². The van der Waals surface area contributed by atoms with Crippen LogP contribution in [-0.4, -0.2) is 36.5 Å². The number of ether oxygens (including phenoxy) is 1. The molecular formula is C20H22N2O5. The van der Waals surface area contributed by atoms with E-state index in [4.69, 9.17) is 9.84 Å². The monoisotopic (exact) mass is 370 g/mol. The van der Waals surface area contributed by atoms with Gasteiger partial charge in [0.1, 0.15) is 5.75 Å². The van der Waals surface area contributed by atoms with Gasteiger partial charge in [0.2, 0.25) is 5.91 Å². The van der Waals surface area contributed by atoms with Crippen molar-refractivity contribution in [3.05, 3.63) is 59.2 Å². The van der Waals surface area contributed by atoms with Crippen LogP contribution in [0.2, 0.25) is 0 Å². The molecule has 0 bridgehead atoms. The molecule has 0 fully saturated rings. The third kappa shape index (κ3) is 6.14. The van der Waals surface area contributed by atoms with Gasteiger partial charge in [-0.2, -0.15) is 0 Å². The van der Waals surface area contributed by atoms with Crippen LogP contribution in [0.4, 0.5) is 5.69 Å². The molecule has 2 aromatic rings. The van der Waals surface area contributed by atoms with Crippen molar-refractivity contribution in [3.8, 4) is 5.75 Å². The highest BCUT2D eigenvalue weighted by atomic mass is 16.5. The van der Waals surface area contributed by atoms with E-state index in [1.165, 1.54) is 0 Å². The summed E-state index contributed by atoms with van der Waals surface area (Å²) in [6, 6.07) is 12.0. The average molecular weight is 370 g/mol. The zero-order valence-electron chi connectivity index (χ0n) is 15.2. The summed E-state index contributed by atoms with van der Waals surface area (Å²) in [5.41, 5.74) is 2.79. The van der Waals surface area contributed by atoms with Crippen LogP contribution in [0.1, 0.15) is 27.9 Å². The number of carboxylic acid groups (broad SMARTS) is 1. The summed E-state index contributed by atoms with van der Waals surface area (Å²) in [5, 5.41) is 13.9. The highest BCUT2D eigenvalue weighted by molar-refractivity contribution is 5.96. The Morgan fingerprint density at radius 1 is 1.07 bits per heavy atom. The van der Waals surface area contributed by atoms with Gasteiger partial charge in [-0.25, -0.2) is 0 Å². The predicted octanol–water partition coefficient (Wildman–Crippen LogP) is 2.39. The number of hydrogen-bond acceptors (Lipinski definition) is 4. The fourth-order valence-electron chi connectivity index (χ4n) is 2.51. The molecule has 0 saturated carbocycles. The second kappa shape index (κ2) is 9.38. The summed E-state index contributed by atoms with van der Waals surface area (Å²) >= 11 is 0. The lowest BCUT2D eigenvalue weighted by molar-refractivity contribution is -0.136. The van der Waals surface area contributed by atoms with Crippen LogP contribution in [0.3, 0.4) is 0 Å². The molecule has 7 nitrogen and oxygen atoms in total. The third-order valence-electron chi connectivity index (χ3n) is 3.84. The van der Waals surface area contributed by atoms with Gasteiger partial charge < -0.3 is 20.5 Å². The maximum Gasteiger partial charge on any atom is 0.305 e. The highest BCUT2D eigenvalue weighted by Crippen LogP contribution is 2.20. The number of aryl methyl sites for hydroxylation is 1. The Labute approximate surface area is 157 Å². The van der Waals surface area contributed by atoms with Crippen LogP contribution in [0.15, 0.2) is 42.5 Å². The fourth-order valence-corrected chi connectivity index (χ4v) is 2.51. The SMILES string of the molecule is COc1ccc(C)cc1CC(=O)Nc1ccc(C(=O)NCCC(=O)O)cc1. The molecule has 3 N–H and O–H groups in total. The summed E-state index contributed by atoms with van der Waals surface area (Å²) < 4.78 is 5.28. The van der Waals surface area contributed by atoms with E-state index >= 15 is 0 Å². The third-order valence-corrected chi connectivity index (χ3v) is 3.84. The zero-order valence-corrected chi connectivity index (χ0v) is 15.2. The largest absolute Gasteiger partial charge is 0.496 e. The second-order valence-corrected chi connectivity index (χ2v) is 6.02. The number of hydrogen-bond donors (Lipinski definition) is 3. The number of nitrogens with one attached hydrogen (secondary N) is 2. The molecule has 0 aliphatic carbocycles. The van der Waals surface area contributed by atoms with Crippen molar-refractivity contribution in [1.29, 1.82) is 0 Å². The number of rotatable bonds is 8. The van der Waals surface area contributed by atoms with Crippen molar-refractivity contribution >= 4 is 23.5 Å². The molecule has 0 heterocycles. The lowest BCUT2D eigenvalue weighted by Crippen LogP contribution is -2.26. The van der Waals surface area contributed by atoms with Gasteiger partial charge in [0.25, 0.3) is 5.91 Å². The number of aliphatic carboxylic acids is 1. The molecule has 0 atom stereocenters. The van der Waals surface area contributed by atoms with E-state index in [9.17, 15) is 14.4 Å². The van der Waals surface area contributed by atoms with Gasteiger partial charge >= 0.3 is 5.97 Å². The molecule has 0 saturated heterocycles. The van der Waals surface area contributed by atoms with Gasteiger partial charge in [-0.3, -0.25) is 14.4 Å². The number of carbonyl (C=O) groups excluding carboxylic acids is 2. The lowest BCUT2D eigenvalue weighted by atomic mass is 10.1. The minimum Gasteiger partial charge on any atom is -0.496 e.